The largest absolute Gasteiger partial charge is 0.319 e. The number of para-hydroxylation sites is 1. The molecular formula is C18H17BrN2. The fraction of sp³-hybridized carbons (Fsp3) is 0.167. The fourth-order valence-corrected chi connectivity index (χ4v) is 3.16. The van der Waals surface area contributed by atoms with E-state index >= 15 is 0 Å². The average molecular weight is 341 g/mol. The first kappa shape index (κ1) is 14.2. The predicted octanol–water partition coefficient (Wildman–Crippen LogP) is 4.66. The highest BCUT2D eigenvalue weighted by atomic mass is 79.9. The molecule has 0 amide bonds. The normalized spacial score (nSPS) is 12.6. The fourth-order valence-electron chi connectivity index (χ4n) is 2.58. The minimum Gasteiger partial charge on any atom is -0.319 e. The lowest BCUT2D eigenvalue weighted by Gasteiger charge is -2.17. The van der Waals surface area contributed by atoms with Gasteiger partial charge in [0.2, 0.25) is 0 Å². The third-order valence-corrected chi connectivity index (χ3v) is 4.62. The summed E-state index contributed by atoms with van der Waals surface area (Å²) in [4.78, 5) is 4.75. The maximum Gasteiger partial charge on any atom is 0.0765 e. The van der Waals surface area contributed by atoms with E-state index in [4.69, 9.17) is 10.7 Å². The van der Waals surface area contributed by atoms with Crippen molar-refractivity contribution >= 4 is 26.8 Å². The Morgan fingerprint density at radius 2 is 1.81 bits per heavy atom. The van der Waals surface area contributed by atoms with E-state index in [-0.39, 0.29) is 6.04 Å². The third kappa shape index (κ3) is 2.59. The maximum absolute atomic E-state index is 6.49. The van der Waals surface area contributed by atoms with Crippen LogP contribution in [0.2, 0.25) is 0 Å². The van der Waals surface area contributed by atoms with Crippen molar-refractivity contribution in [3.63, 3.8) is 0 Å². The molecule has 0 fully saturated rings. The Morgan fingerprint density at radius 1 is 1.05 bits per heavy atom. The van der Waals surface area contributed by atoms with Crippen LogP contribution in [0.5, 0.6) is 0 Å². The number of pyridine rings is 1. The van der Waals surface area contributed by atoms with Gasteiger partial charge in [-0.3, -0.25) is 0 Å². The molecule has 0 aliphatic heterocycles. The van der Waals surface area contributed by atoms with Gasteiger partial charge in [-0.25, -0.2) is 4.98 Å². The minimum absolute atomic E-state index is 0.233. The number of fused-ring (bicyclic) bond motifs is 1. The van der Waals surface area contributed by atoms with Gasteiger partial charge in [-0.2, -0.15) is 0 Å². The molecule has 0 spiro atoms. The van der Waals surface area contributed by atoms with Crippen molar-refractivity contribution in [2.24, 2.45) is 5.73 Å². The molecule has 0 saturated carbocycles. The molecule has 0 saturated heterocycles. The van der Waals surface area contributed by atoms with Gasteiger partial charge in [-0.1, -0.05) is 36.4 Å². The highest BCUT2D eigenvalue weighted by Gasteiger charge is 2.17. The maximum atomic E-state index is 6.49. The van der Waals surface area contributed by atoms with Crippen molar-refractivity contribution in [1.29, 1.82) is 0 Å². The number of aryl methyl sites for hydroxylation is 1. The zero-order valence-electron chi connectivity index (χ0n) is 12.1. The summed E-state index contributed by atoms with van der Waals surface area (Å²) in [6.45, 7) is 4.22. The van der Waals surface area contributed by atoms with E-state index in [1.807, 2.05) is 24.3 Å². The molecule has 1 heterocycles. The standard InChI is InChI=1S/C18H17BrN2/c1-11-6-5-8-14(12(11)2)17(20)18-15(19)10-13-7-3-4-9-16(13)21-18/h3-10,17H,20H2,1-2H3. The summed E-state index contributed by atoms with van der Waals surface area (Å²) in [5, 5.41) is 1.11. The molecule has 106 valence electrons. The topological polar surface area (TPSA) is 38.9 Å². The van der Waals surface area contributed by atoms with E-state index in [0.29, 0.717) is 0 Å². The first-order valence-electron chi connectivity index (χ1n) is 6.95. The number of hydrogen-bond acceptors (Lipinski definition) is 2. The van der Waals surface area contributed by atoms with Crippen LogP contribution in [0.1, 0.15) is 28.4 Å². The minimum atomic E-state index is -0.233. The molecule has 21 heavy (non-hydrogen) atoms. The zero-order valence-corrected chi connectivity index (χ0v) is 13.7. The van der Waals surface area contributed by atoms with Crippen LogP contribution in [-0.2, 0) is 0 Å². The van der Waals surface area contributed by atoms with Crippen LogP contribution in [0.4, 0.5) is 0 Å². The second kappa shape index (κ2) is 5.58. The highest BCUT2D eigenvalue weighted by Crippen LogP contribution is 2.30. The smallest absolute Gasteiger partial charge is 0.0765 e. The second-order valence-corrected chi connectivity index (χ2v) is 6.17. The lowest BCUT2D eigenvalue weighted by Crippen LogP contribution is -2.16. The monoisotopic (exact) mass is 340 g/mol. The molecule has 1 aromatic heterocycles. The van der Waals surface area contributed by atoms with Crippen molar-refractivity contribution < 1.29 is 0 Å². The Labute approximate surface area is 133 Å². The van der Waals surface area contributed by atoms with E-state index in [9.17, 15) is 0 Å². The van der Waals surface area contributed by atoms with Crippen LogP contribution in [0.15, 0.2) is 53.0 Å². The highest BCUT2D eigenvalue weighted by molar-refractivity contribution is 9.10. The molecule has 3 rings (SSSR count). The summed E-state index contributed by atoms with van der Waals surface area (Å²) in [5.41, 5.74) is 11.9. The first-order chi connectivity index (χ1) is 10.1. The van der Waals surface area contributed by atoms with Gasteiger partial charge in [0.15, 0.2) is 0 Å². The number of nitrogens with zero attached hydrogens (tertiary/aromatic N) is 1. The molecule has 3 aromatic rings. The lowest BCUT2D eigenvalue weighted by molar-refractivity contribution is 0.820. The Kier molecular flexibility index (Phi) is 3.79. The molecule has 2 aromatic carbocycles. The summed E-state index contributed by atoms with van der Waals surface area (Å²) >= 11 is 3.62. The molecular weight excluding hydrogens is 324 g/mol. The summed E-state index contributed by atoms with van der Waals surface area (Å²) in [7, 11) is 0. The van der Waals surface area contributed by atoms with Gasteiger partial charge in [0, 0.05) is 9.86 Å². The van der Waals surface area contributed by atoms with Gasteiger partial charge in [0.1, 0.15) is 0 Å². The number of aromatic nitrogens is 1. The van der Waals surface area contributed by atoms with E-state index in [1.165, 1.54) is 11.1 Å². The molecule has 1 atom stereocenters. The molecule has 2 N–H and O–H groups in total. The lowest BCUT2D eigenvalue weighted by atomic mass is 9.95. The molecule has 3 heteroatoms. The van der Waals surface area contributed by atoms with Crippen LogP contribution in [0.25, 0.3) is 10.9 Å². The van der Waals surface area contributed by atoms with Gasteiger partial charge in [-0.05, 0) is 58.6 Å². The van der Waals surface area contributed by atoms with Crippen LogP contribution < -0.4 is 5.73 Å². The van der Waals surface area contributed by atoms with Crippen LogP contribution in [-0.4, -0.2) is 4.98 Å². The van der Waals surface area contributed by atoms with Gasteiger partial charge < -0.3 is 5.73 Å². The van der Waals surface area contributed by atoms with E-state index in [1.54, 1.807) is 0 Å². The summed E-state index contributed by atoms with van der Waals surface area (Å²) in [6, 6.07) is 16.2. The molecule has 0 aliphatic rings. The van der Waals surface area contributed by atoms with Gasteiger partial charge in [0.05, 0.1) is 17.3 Å². The Bertz CT molecular complexity index is 811. The molecule has 2 nitrogen and oxygen atoms in total. The second-order valence-electron chi connectivity index (χ2n) is 5.31. The zero-order chi connectivity index (χ0) is 15.0. The van der Waals surface area contributed by atoms with Gasteiger partial charge in [-0.15, -0.1) is 0 Å². The SMILES string of the molecule is Cc1cccc(C(N)c2nc3ccccc3cc2Br)c1C. The molecule has 1 unspecified atom stereocenters. The van der Waals surface area contributed by atoms with Crippen molar-refractivity contribution in [1.82, 2.24) is 4.98 Å². The molecule has 0 aliphatic carbocycles. The summed E-state index contributed by atoms with van der Waals surface area (Å²) < 4.78 is 0.953. The molecule has 0 radical (unpaired) electrons. The van der Waals surface area contributed by atoms with Gasteiger partial charge in [0.25, 0.3) is 0 Å². The van der Waals surface area contributed by atoms with Gasteiger partial charge >= 0.3 is 0 Å². The quantitative estimate of drug-likeness (QED) is 0.736. The number of hydrogen-bond donors (Lipinski definition) is 1. The van der Waals surface area contributed by atoms with Crippen LogP contribution >= 0.6 is 15.9 Å². The van der Waals surface area contributed by atoms with Crippen molar-refractivity contribution in [2.75, 3.05) is 0 Å². The Balaban J connectivity index is 2.15. The number of benzene rings is 2. The van der Waals surface area contributed by atoms with E-state index in [0.717, 1.165) is 26.6 Å². The first-order valence-corrected chi connectivity index (χ1v) is 7.74. The van der Waals surface area contributed by atoms with E-state index < -0.39 is 0 Å². The average Bonchev–Trinajstić information content (AvgIpc) is 2.48. The third-order valence-electron chi connectivity index (χ3n) is 3.98. The predicted molar refractivity (Wildman–Crippen MR) is 91.4 cm³/mol. The van der Waals surface area contributed by atoms with Crippen molar-refractivity contribution in [2.45, 2.75) is 19.9 Å². The van der Waals surface area contributed by atoms with Crippen LogP contribution in [0, 0.1) is 13.8 Å². The van der Waals surface area contributed by atoms with E-state index in [2.05, 4.69) is 54.0 Å². The number of nitrogens with two attached hydrogens (primary N) is 1. The van der Waals surface area contributed by atoms with Crippen molar-refractivity contribution in [3.05, 3.63) is 75.4 Å². The number of halogens is 1. The summed E-state index contributed by atoms with van der Waals surface area (Å²) in [6.07, 6.45) is 0. The van der Waals surface area contributed by atoms with Crippen LogP contribution in [0.3, 0.4) is 0 Å². The Hall–Kier alpha value is -1.71. The molecule has 0 bridgehead atoms. The Morgan fingerprint density at radius 3 is 2.62 bits per heavy atom. The summed E-state index contributed by atoms with van der Waals surface area (Å²) in [5.74, 6) is 0. The van der Waals surface area contributed by atoms with Crippen molar-refractivity contribution in [3.8, 4) is 0 Å². The number of rotatable bonds is 2.